The Morgan fingerprint density at radius 2 is 2.15 bits per heavy atom. The van der Waals surface area contributed by atoms with Crippen molar-refractivity contribution in [2.24, 2.45) is 0 Å². The first kappa shape index (κ1) is 12.4. The van der Waals surface area contributed by atoms with Gasteiger partial charge in [-0.1, -0.05) is 13.3 Å². The molecule has 1 atom stereocenters. The quantitative estimate of drug-likeness (QED) is 0.718. The average molecular weight is 187 g/mol. The molecule has 1 saturated heterocycles. The number of hydrogen-bond donors (Lipinski definition) is 1. The summed E-state index contributed by atoms with van der Waals surface area (Å²) in [6.07, 6.45) is 5.59. The lowest BCUT2D eigenvalue weighted by atomic mass is 10.1. The van der Waals surface area contributed by atoms with Crippen LogP contribution in [0.3, 0.4) is 0 Å². The number of likely N-dealkylation sites (tertiary alicyclic amines) is 1. The molecule has 78 valence electrons. The summed E-state index contributed by atoms with van der Waals surface area (Å²) in [5, 5.41) is 7.42. The highest BCUT2D eigenvalue weighted by Gasteiger charge is 2.18. The maximum Gasteiger partial charge on any atom is 0.300 e. The molecule has 1 rings (SSSR count). The van der Waals surface area contributed by atoms with Gasteiger partial charge in [-0.05, 0) is 32.9 Å². The van der Waals surface area contributed by atoms with Crippen LogP contribution < -0.4 is 0 Å². The van der Waals surface area contributed by atoms with E-state index in [4.69, 9.17) is 9.90 Å². The highest BCUT2D eigenvalue weighted by Crippen LogP contribution is 2.18. The molecular weight excluding hydrogens is 166 g/mol. The SMILES string of the molecule is CC(=O)O.CCCC1CCCN1C. The number of carboxylic acids is 1. The summed E-state index contributed by atoms with van der Waals surface area (Å²) in [4.78, 5) is 11.5. The van der Waals surface area contributed by atoms with E-state index in [-0.39, 0.29) is 0 Å². The number of nitrogens with zero attached hydrogens (tertiary/aromatic N) is 1. The van der Waals surface area contributed by atoms with Gasteiger partial charge < -0.3 is 10.0 Å². The zero-order valence-corrected chi connectivity index (χ0v) is 8.92. The molecule has 13 heavy (non-hydrogen) atoms. The summed E-state index contributed by atoms with van der Waals surface area (Å²) in [7, 11) is 2.24. The third kappa shape index (κ3) is 6.58. The molecule has 0 aliphatic carbocycles. The predicted octanol–water partition coefficient (Wildman–Crippen LogP) is 1.97. The monoisotopic (exact) mass is 187 g/mol. The largest absolute Gasteiger partial charge is 0.481 e. The second kappa shape index (κ2) is 6.89. The summed E-state index contributed by atoms with van der Waals surface area (Å²) in [6.45, 7) is 4.68. The van der Waals surface area contributed by atoms with E-state index in [1.165, 1.54) is 32.2 Å². The third-order valence-electron chi connectivity index (χ3n) is 2.29. The first-order valence-electron chi connectivity index (χ1n) is 4.97. The lowest BCUT2D eigenvalue weighted by molar-refractivity contribution is -0.134. The molecule has 0 spiro atoms. The maximum absolute atomic E-state index is 9.00. The molecule has 0 bridgehead atoms. The Labute approximate surface area is 80.7 Å². The molecule has 0 aromatic carbocycles. The average Bonchev–Trinajstić information content (AvgIpc) is 2.36. The fourth-order valence-electron chi connectivity index (χ4n) is 1.68. The minimum absolute atomic E-state index is 0.833. The Hall–Kier alpha value is -0.570. The molecule has 0 radical (unpaired) electrons. The second-order valence-electron chi connectivity index (χ2n) is 3.58. The lowest BCUT2D eigenvalue weighted by Gasteiger charge is -2.17. The van der Waals surface area contributed by atoms with Gasteiger partial charge in [-0.15, -0.1) is 0 Å². The van der Waals surface area contributed by atoms with Crippen LogP contribution in [-0.4, -0.2) is 35.6 Å². The van der Waals surface area contributed by atoms with Crippen LogP contribution in [0.15, 0.2) is 0 Å². The van der Waals surface area contributed by atoms with Gasteiger partial charge in [0.2, 0.25) is 0 Å². The fourth-order valence-corrected chi connectivity index (χ4v) is 1.68. The van der Waals surface area contributed by atoms with Crippen LogP contribution in [-0.2, 0) is 4.79 Å². The molecule has 1 aliphatic heterocycles. The molecule has 1 aliphatic rings. The number of rotatable bonds is 2. The number of hydrogen-bond acceptors (Lipinski definition) is 2. The van der Waals surface area contributed by atoms with Gasteiger partial charge in [-0.3, -0.25) is 4.79 Å². The normalized spacial score (nSPS) is 22.2. The smallest absolute Gasteiger partial charge is 0.300 e. The van der Waals surface area contributed by atoms with E-state index in [2.05, 4.69) is 18.9 Å². The highest BCUT2D eigenvalue weighted by atomic mass is 16.4. The van der Waals surface area contributed by atoms with Crippen molar-refractivity contribution in [3.05, 3.63) is 0 Å². The Balaban J connectivity index is 0.000000310. The molecule has 0 aromatic heterocycles. The van der Waals surface area contributed by atoms with Gasteiger partial charge in [0.25, 0.3) is 5.97 Å². The Bertz CT molecular complexity index is 144. The third-order valence-corrected chi connectivity index (χ3v) is 2.29. The standard InChI is InChI=1S/C8H17N.C2H4O2/c1-3-5-8-6-4-7-9(8)2;1-2(3)4/h8H,3-7H2,1-2H3;1H3,(H,3,4). The summed E-state index contributed by atoms with van der Waals surface area (Å²) in [6, 6.07) is 0.912. The summed E-state index contributed by atoms with van der Waals surface area (Å²) < 4.78 is 0. The Morgan fingerprint density at radius 3 is 2.46 bits per heavy atom. The summed E-state index contributed by atoms with van der Waals surface area (Å²) in [5.41, 5.74) is 0. The van der Waals surface area contributed by atoms with Crippen molar-refractivity contribution in [2.75, 3.05) is 13.6 Å². The first-order chi connectivity index (χ1) is 6.07. The summed E-state index contributed by atoms with van der Waals surface area (Å²) >= 11 is 0. The molecule has 3 nitrogen and oxygen atoms in total. The van der Waals surface area contributed by atoms with E-state index in [0.29, 0.717) is 0 Å². The van der Waals surface area contributed by atoms with E-state index in [9.17, 15) is 0 Å². The lowest BCUT2D eigenvalue weighted by Crippen LogP contribution is -2.24. The Morgan fingerprint density at radius 1 is 1.62 bits per heavy atom. The van der Waals surface area contributed by atoms with Gasteiger partial charge in [0.15, 0.2) is 0 Å². The van der Waals surface area contributed by atoms with Gasteiger partial charge in [0.05, 0.1) is 0 Å². The van der Waals surface area contributed by atoms with E-state index >= 15 is 0 Å². The topological polar surface area (TPSA) is 40.5 Å². The molecule has 0 saturated carbocycles. The maximum atomic E-state index is 9.00. The first-order valence-corrected chi connectivity index (χ1v) is 4.97. The van der Waals surface area contributed by atoms with Crippen molar-refractivity contribution in [3.63, 3.8) is 0 Å². The summed E-state index contributed by atoms with van der Waals surface area (Å²) in [5.74, 6) is -0.833. The van der Waals surface area contributed by atoms with Crippen molar-refractivity contribution < 1.29 is 9.90 Å². The van der Waals surface area contributed by atoms with E-state index < -0.39 is 5.97 Å². The zero-order chi connectivity index (χ0) is 10.3. The van der Waals surface area contributed by atoms with Crippen molar-refractivity contribution in [1.82, 2.24) is 4.90 Å². The van der Waals surface area contributed by atoms with Gasteiger partial charge in [-0.2, -0.15) is 0 Å². The van der Waals surface area contributed by atoms with Gasteiger partial charge in [0.1, 0.15) is 0 Å². The highest BCUT2D eigenvalue weighted by molar-refractivity contribution is 5.62. The Kier molecular flexibility index (Phi) is 6.59. The van der Waals surface area contributed by atoms with Crippen LogP contribution >= 0.6 is 0 Å². The minimum atomic E-state index is -0.833. The number of carbonyl (C=O) groups is 1. The van der Waals surface area contributed by atoms with Crippen LogP contribution in [0.25, 0.3) is 0 Å². The molecular formula is C10H21NO2. The van der Waals surface area contributed by atoms with Crippen molar-refractivity contribution >= 4 is 5.97 Å². The molecule has 0 aromatic rings. The predicted molar refractivity (Wildman–Crippen MR) is 53.9 cm³/mol. The molecule has 0 amide bonds. The van der Waals surface area contributed by atoms with Gasteiger partial charge >= 0.3 is 0 Å². The second-order valence-corrected chi connectivity index (χ2v) is 3.58. The molecule has 1 N–H and O–H groups in total. The number of aliphatic carboxylic acids is 1. The van der Waals surface area contributed by atoms with Crippen molar-refractivity contribution in [1.29, 1.82) is 0 Å². The minimum Gasteiger partial charge on any atom is -0.481 e. The van der Waals surface area contributed by atoms with Crippen LogP contribution in [0, 0.1) is 0 Å². The van der Waals surface area contributed by atoms with Crippen LogP contribution in [0.2, 0.25) is 0 Å². The molecule has 1 fully saturated rings. The van der Waals surface area contributed by atoms with E-state index in [1.54, 1.807) is 0 Å². The van der Waals surface area contributed by atoms with Crippen LogP contribution in [0.4, 0.5) is 0 Å². The number of carboxylic acid groups (broad SMARTS) is 1. The van der Waals surface area contributed by atoms with Crippen molar-refractivity contribution in [2.45, 2.75) is 45.6 Å². The molecule has 3 heteroatoms. The fraction of sp³-hybridized carbons (Fsp3) is 0.900. The zero-order valence-electron chi connectivity index (χ0n) is 8.92. The van der Waals surface area contributed by atoms with E-state index in [0.717, 1.165) is 13.0 Å². The van der Waals surface area contributed by atoms with Gasteiger partial charge in [0, 0.05) is 13.0 Å². The van der Waals surface area contributed by atoms with Crippen LogP contribution in [0.1, 0.15) is 39.5 Å². The van der Waals surface area contributed by atoms with Crippen LogP contribution in [0.5, 0.6) is 0 Å². The van der Waals surface area contributed by atoms with Gasteiger partial charge in [-0.25, -0.2) is 0 Å². The van der Waals surface area contributed by atoms with Crippen molar-refractivity contribution in [3.8, 4) is 0 Å². The van der Waals surface area contributed by atoms with E-state index in [1.807, 2.05) is 0 Å². The molecule has 1 unspecified atom stereocenters. The molecule has 1 heterocycles.